The molecule has 8 heteroatoms. The molecule has 2 atom stereocenters. The van der Waals surface area contributed by atoms with Crippen molar-refractivity contribution in [1.29, 1.82) is 0 Å². The number of pyridine rings is 1. The third kappa shape index (κ3) is 3.23. The van der Waals surface area contributed by atoms with Gasteiger partial charge in [-0.05, 0) is 25.1 Å². The van der Waals surface area contributed by atoms with Crippen LogP contribution in [0.4, 0.5) is 0 Å². The van der Waals surface area contributed by atoms with Crippen LogP contribution in [0.2, 0.25) is 0 Å². The van der Waals surface area contributed by atoms with Crippen molar-refractivity contribution in [2.75, 3.05) is 13.1 Å². The van der Waals surface area contributed by atoms with Crippen molar-refractivity contribution in [2.24, 2.45) is 5.92 Å². The number of likely N-dealkylation sites (tertiary alicyclic amines) is 1. The number of aliphatic hydroxyl groups is 1. The van der Waals surface area contributed by atoms with E-state index in [0.29, 0.717) is 30.9 Å². The van der Waals surface area contributed by atoms with Gasteiger partial charge in [0.2, 0.25) is 0 Å². The molecular formula is C18H19N5O3. The Morgan fingerprint density at radius 1 is 1.35 bits per heavy atom. The molecule has 0 saturated carbocycles. The minimum atomic E-state index is -0.591. The van der Waals surface area contributed by atoms with Gasteiger partial charge in [0.25, 0.3) is 5.91 Å². The van der Waals surface area contributed by atoms with Gasteiger partial charge in [0, 0.05) is 49.5 Å². The molecule has 26 heavy (non-hydrogen) atoms. The largest absolute Gasteiger partial charge is 0.391 e. The van der Waals surface area contributed by atoms with E-state index in [-0.39, 0.29) is 11.8 Å². The van der Waals surface area contributed by atoms with Gasteiger partial charge in [0.05, 0.1) is 17.5 Å². The average Bonchev–Trinajstić information content (AvgIpc) is 3.37. The van der Waals surface area contributed by atoms with E-state index in [2.05, 4.69) is 20.3 Å². The number of nitrogens with one attached hydrogen (secondary N) is 1. The van der Waals surface area contributed by atoms with Gasteiger partial charge < -0.3 is 14.5 Å². The number of aryl methyl sites for hydroxylation is 1. The Kier molecular flexibility index (Phi) is 4.26. The molecule has 0 aromatic carbocycles. The Bertz CT molecular complexity index is 904. The predicted octanol–water partition coefficient (Wildman–Crippen LogP) is 1.44. The molecule has 134 valence electrons. The highest BCUT2D eigenvalue weighted by Crippen LogP contribution is 2.24. The summed E-state index contributed by atoms with van der Waals surface area (Å²) >= 11 is 0. The fourth-order valence-corrected chi connectivity index (χ4v) is 3.26. The lowest BCUT2D eigenvalue weighted by Crippen LogP contribution is -2.29. The Hall–Kier alpha value is -3.00. The molecule has 1 fully saturated rings. The van der Waals surface area contributed by atoms with Crippen LogP contribution >= 0.6 is 0 Å². The number of β-amino-alcohol motifs (C(OH)–C–C–N with tert-alkyl or cyclic N) is 1. The van der Waals surface area contributed by atoms with Crippen LogP contribution in [-0.4, -0.2) is 55.4 Å². The van der Waals surface area contributed by atoms with Gasteiger partial charge in [-0.15, -0.1) is 0 Å². The van der Waals surface area contributed by atoms with Crippen molar-refractivity contribution in [1.82, 2.24) is 25.2 Å². The molecule has 3 aromatic heterocycles. The highest BCUT2D eigenvalue weighted by molar-refractivity contribution is 5.93. The smallest absolute Gasteiger partial charge is 0.271 e. The lowest BCUT2D eigenvalue weighted by Gasteiger charge is -2.14. The summed E-state index contributed by atoms with van der Waals surface area (Å²) < 4.78 is 5.22. The highest BCUT2D eigenvalue weighted by Gasteiger charge is 2.35. The molecule has 0 bridgehead atoms. The molecule has 0 unspecified atom stereocenters. The Morgan fingerprint density at radius 2 is 2.15 bits per heavy atom. The van der Waals surface area contributed by atoms with Crippen LogP contribution in [0.1, 0.15) is 21.9 Å². The summed E-state index contributed by atoms with van der Waals surface area (Å²) in [6.07, 6.45) is 3.32. The molecule has 1 aliphatic heterocycles. The number of hydrogen-bond donors (Lipinski definition) is 2. The lowest BCUT2D eigenvalue weighted by atomic mass is 10.0. The number of carbonyl (C=O) groups excluding carboxylic acids is 1. The zero-order valence-corrected chi connectivity index (χ0v) is 14.3. The number of aromatic nitrogens is 4. The summed E-state index contributed by atoms with van der Waals surface area (Å²) in [6, 6.07) is 7.24. The number of H-pyrrole nitrogens is 1. The van der Waals surface area contributed by atoms with Crippen molar-refractivity contribution in [3.8, 4) is 11.3 Å². The number of aromatic amines is 1. The van der Waals surface area contributed by atoms with Crippen LogP contribution in [0.5, 0.6) is 0 Å². The maximum Gasteiger partial charge on any atom is 0.271 e. The molecule has 8 nitrogen and oxygen atoms in total. The number of hydrogen-bond acceptors (Lipinski definition) is 6. The summed E-state index contributed by atoms with van der Waals surface area (Å²) in [4.78, 5) is 18.4. The molecule has 1 aliphatic rings. The first kappa shape index (κ1) is 16.5. The molecule has 0 aliphatic carbocycles. The van der Waals surface area contributed by atoms with Gasteiger partial charge in [-0.2, -0.15) is 5.10 Å². The van der Waals surface area contributed by atoms with Crippen molar-refractivity contribution >= 4 is 5.91 Å². The average molecular weight is 353 g/mol. The standard InChI is InChI=1S/C18H19N5O3/c1-11-6-14(26-22-11)7-13-9-23(10-17(13)24)18(25)16-8-15(20-21-16)12-2-4-19-5-3-12/h2-6,8,13,17,24H,7,9-10H2,1H3,(H,20,21)/t13-,17-/m1/s1. The molecule has 0 spiro atoms. The van der Waals surface area contributed by atoms with Crippen LogP contribution in [0, 0.1) is 12.8 Å². The van der Waals surface area contributed by atoms with E-state index >= 15 is 0 Å². The van der Waals surface area contributed by atoms with E-state index in [9.17, 15) is 9.90 Å². The topological polar surface area (TPSA) is 108 Å². The van der Waals surface area contributed by atoms with E-state index in [0.717, 1.165) is 17.0 Å². The Balaban J connectivity index is 1.45. The summed E-state index contributed by atoms with van der Waals surface area (Å²) in [5, 5.41) is 21.2. The summed E-state index contributed by atoms with van der Waals surface area (Å²) in [7, 11) is 0. The first-order chi connectivity index (χ1) is 12.6. The third-order valence-corrected chi connectivity index (χ3v) is 4.62. The summed E-state index contributed by atoms with van der Waals surface area (Å²) in [6.45, 7) is 2.61. The van der Waals surface area contributed by atoms with Crippen LogP contribution in [-0.2, 0) is 6.42 Å². The van der Waals surface area contributed by atoms with Gasteiger partial charge in [0.15, 0.2) is 0 Å². The van der Waals surface area contributed by atoms with E-state index in [1.165, 1.54) is 0 Å². The number of amides is 1. The maximum absolute atomic E-state index is 12.7. The molecule has 2 N–H and O–H groups in total. The monoisotopic (exact) mass is 353 g/mol. The van der Waals surface area contributed by atoms with Crippen molar-refractivity contribution in [3.05, 3.63) is 53.8 Å². The molecule has 0 radical (unpaired) electrons. The van der Waals surface area contributed by atoms with Crippen LogP contribution < -0.4 is 0 Å². The van der Waals surface area contributed by atoms with E-state index in [1.807, 2.05) is 25.1 Å². The predicted molar refractivity (Wildman–Crippen MR) is 92.2 cm³/mol. The quantitative estimate of drug-likeness (QED) is 0.735. The number of carbonyl (C=O) groups is 1. The van der Waals surface area contributed by atoms with Crippen LogP contribution in [0.25, 0.3) is 11.3 Å². The second kappa shape index (κ2) is 6.72. The fourth-order valence-electron chi connectivity index (χ4n) is 3.26. The zero-order valence-electron chi connectivity index (χ0n) is 14.3. The maximum atomic E-state index is 12.7. The van der Waals surface area contributed by atoms with E-state index in [4.69, 9.17) is 4.52 Å². The number of nitrogens with zero attached hydrogens (tertiary/aromatic N) is 4. The van der Waals surface area contributed by atoms with Gasteiger partial charge in [-0.25, -0.2) is 0 Å². The first-order valence-corrected chi connectivity index (χ1v) is 8.45. The Labute approximate surface area is 149 Å². The summed E-state index contributed by atoms with van der Waals surface area (Å²) in [5.41, 5.74) is 2.78. The zero-order chi connectivity index (χ0) is 18.1. The van der Waals surface area contributed by atoms with Crippen molar-refractivity contribution < 1.29 is 14.4 Å². The molecule has 4 rings (SSSR count). The van der Waals surface area contributed by atoms with Gasteiger partial charge in [-0.1, -0.05) is 5.16 Å². The van der Waals surface area contributed by atoms with Crippen LogP contribution in [0.15, 0.2) is 41.2 Å². The third-order valence-electron chi connectivity index (χ3n) is 4.62. The van der Waals surface area contributed by atoms with Gasteiger partial charge in [-0.3, -0.25) is 14.9 Å². The summed E-state index contributed by atoms with van der Waals surface area (Å²) in [5.74, 6) is 0.476. The normalized spacial score (nSPS) is 19.8. The lowest BCUT2D eigenvalue weighted by molar-refractivity contribution is 0.0759. The SMILES string of the molecule is Cc1cc(C[C@@H]2CN(C(=O)c3cc(-c4ccncc4)n[nH]3)C[C@H]2O)on1. The molecular weight excluding hydrogens is 334 g/mol. The van der Waals surface area contributed by atoms with E-state index in [1.54, 1.807) is 23.4 Å². The van der Waals surface area contributed by atoms with Crippen molar-refractivity contribution in [2.45, 2.75) is 19.4 Å². The molecule has 4 heterocycles. The number of aliphatic hydroxyl groups excluding tert-OH is 1. The van der Waals surface area contributed by atoms with E-state index < -0.39 is 6.10 Å². The van der Waals surface area contributed by atoms with Gasteiger partial charge >= 0.3 is 0 Å². The highest BCUT2D eigenvalue weighted by atomic mass is 16.5. The van der Waals surface area contributed by atoms with Crippen molar-refractivity contribution in [3.63, 3.8) is 0 Å². The molecule has 3 aromatic rings. The number of rotatable bonds is 4. The molecule has 1 saturated heterocycles. The molecule has 1 amide bonds. The van der Waals surface area contributed by atoms with Crippen LogP contribution in [0.3, 0.4) is 0 Å². The minimum Gasteiger partial charge on any atom is -0.391 e. The fraction of sp³-hybridized carbons (Fsp3) is 0.333. The minimum absolute atomic E-state index is 0.0751. The Morgan fingerprint density at radius 3 is 2.88 bits per heavy atom. The first-order valence-electron chi connectivity index (χ1n) is 8.45. The second-order valence-corrected chi connectivity index (χ2v) is 6.58. The second-order valence-electron chi connectivity index (χ2n) is 6.58. The van der Waals surface area contributed by atoms with Gasteiger partial charge in [0.1, 0.15) is 11.5 Å².